The van der Waals surface area contributed by atoms with E-state index < -0.39 is 6.10 Å². The molecule has 0 aliphatic rings. The Hall–Kier alpha value is -0.170. The Bertz CT molecular complexity index is 497. The lowest BCUT2D eigenvalue weighted by Crippen LogP contribution is -1.99. The number of thiazole rings is 1. The molecule has 3 nitrogen and oxygen atoms in total. The molecule has 0 spiro atoms. The molecule has 0 aliphatic heterocycles. The van der Waals surface area contributed by atoms with Crippen LogP contribution in [0.15, 0.2) is 19.6 Å². The van der Waals surface area contributed by atoms with Gasteiger partial charge in [-0.2, -0.15) is 0 Å². The molecule has 2 aromatic rings. The highest BCUT2D eigenvalue weighted by Crippen LogP contribution is 2.31. The standard InChI is InChI=1S/C11H11Br2NO2S/c1-5-6(2)17-10(14-5)4-8(15)9-3-7(12)11(13)16-9/h3,8,15H,4H2,1-2H3. The number of aromatic nitrogens is 1. The lowest BCUT2D eigenvalue weighted by molar-refractivity contribution is 0.148. The molecule has 2 heterocycles. The second-order valence-electron chi connectivity index (χ2n) is 3.74. The van der Waals surface area contributed by atoms with E-state index in [4.69, 9.17) is 4.42 Å². The van der Waals surface area contributed by atoms with Crippen molar-refractivity contribution in [2.24, 2.45) is 0 Å². The maximum atomic E-state index is 10.0. The zero-order valence-electron chi connectivity index (χ0n) is 9.33. The topological polar surface area (TPSA) is 46.3 Å². The highest BCUT2D eigenvalue weighted by Gasteiger charge is 2.17. The van der Waals surface area contributed by atoms with Crippen molar-refractivity contribution in [3.8, 4) is 0 Å². The Labute approximate surface area is 120 Å². The SMILES string of the molecule is Cc1nc(CC(O)c2cc(Br)c(Br)o2)sc1C. The van der Waals surface area contributed by atoms with Crippen LogP contribution in [-0.2, 0) is 6.42 Å². The highest BCUT2D eigenvalue weighted by atomic mass is 79.9. The molecule has 2 aromatic heterocycles. The second-order valence-corrected chi connectivity index (χ2v) is 6.60. The molecule has 17 heavy (non-hydrogen) atoms. The van der Waals surface area contributed by atoms with E-state index in [2.05, 4.69) is 36.8 Å². The summed E-state index contributed by atoms with van der Waals surface area (Å²) in [6.07, 6.45) is -0.186. The van der Waals surface area contributed by atoms with Gasteiger partial charge in [-0.25, -0.2) is 4.98 Å². The van der Waals surface area contributed by atoms with Gasteiger partial charge in [-0.3, -0.25) is 0 Å². The summed E-state index contributed by atoms with van der Waals surface area (Å²) in [6, 6.07) is 1.77. The van der Waals surface area contributed by atoms with Crippen LogP contribution in [0.25, 0.3) is 0 Å². The van der Waals surface area contributed by atoms with Crippen molar-refractivity contribution in [1.29, 1.82) is 0 Å². The molecule has 92 valence electrons. The van der Waals surface area contributed by atoms with Crippen LogP contribution < -0.4 is 0 Å². The molecule has 1 N–H and O–H groups in total. The molecule has 0 saturated carbocycles. The van der Waals surface area contributed by atoms with Crippen molar-refractivity contribution in [2.75, 3.05) is 0 Å². The molecule has 2 rings (SSSR count). The quantitative estimate of drug-likeness (QED) is 0.869. The van der Waals surface area contributed by atoms with E-state index in [9.17, 15) is 5.11 Å². The maximum absolute atomic E-state index is 10.0. The van der Waals surface area contributed by atoms with Crippen LogP contribution in [0.5, 0.6) is 0 Å². The minimum atomic E-state index is -0.664. The maximum Gasteiger partial charge on any atom is 0.183 e. The number of aliphatic hydroxyl groups is 1. The number of nitrogens with zero attached hydrogens (tertiary/aromatic N) is 1. The molecule has 0 aliphatic carbocycles. The molecule has 0 fully saturated rings. The number of aryl methyl sites for hydroxylation is 2. The van der Waals surface area contributed by atoms with E-state index in [1.54, 1.807) is 17.4 Å². The summed E-state index contributed by atoms with van der Waals surface area (Å²) in [4.78, 5) is 5.59. The molecule has 0 radical (unpaired) electrons. The lowest BCUT2D eigenvalue weighted by atomic mass is 10.2. The van der Waals surface area contributed by atoms with Gasteiger partial charge in [-0.15, -0.1) is 11.3 Å². The molecule has 0 aromatic carbocycles. The summed E-state index contributed by atoms with van der Waals surface area (Å²) >= 11 is 8.18. The number of hydrogen-bond donors (Lipinski definition) is 1. The van der Waals surface area contributed by atoms with Crippen LogP contribution in [0.4, 0.5) is 0 Å². The predicted molar refractivity (Wildman–Crippen MR) is 74.4 cm³/mol. The van der Waals surface area contributed by atoms with E-state index in [0.717, 1.165) is 15.2 Å². The normalized spacial score (nSPS) is 13.0. The van der Waals surface area contributed by atoms with Gasteiger partial charge in [0.2, 0.25) is 0 Å². The first-order valence-electron chi connectivity index (χ1n) is 5.03. The fraction of sp³-hybridized carbons (Fsp3) is 0.364. The predicted octanol–water partition coefficient (Wildman–Crippen LogP) is 4.15. The first kappa shape index (κ1) is 13.3. The van der Waals surface area contributed by atoms with Crippen LogP contribution in [0.3, 0.4) is 0 Å². The second kappa shape index (κ2) is 5.22. The Balaban J connectivity index is 2.13. The van der Waals surface area contributed by atoms with Crippen molar-refractivity contribution in [3.63, 3.8) is 0 Å². The van der Waals surface area contributed by atoms with Gasteiger partial charge in [-0.05, 0) is 51.8 Å². The molecule has 1 unspecified atom stereocenters. The molecule has 0 saturated heterocycles. The first-order chi connectivity index (χ1) is 7.97. The van der Waals surface area contributed by atoms with Crippen molar-refractivity contribution >= 4 is 43.2 Å². The highest BCUT2D eigenvalue weighted by molar-refractivity contribution is 9.13. The van der Waals surface area contributed by atoms with Crippen molar-refractivity contribution in [2.45, 2.75) is 26.4 Å². The fourth-order valence-electron chi connectivity index (χ4n) is 1.42. The number of hydrogen-bond acceptors (Lipinski definition) is 4. The van der Waals surface area contributed by atoms with Gasteiger partial charge in [-0.1, -0.05) is 0 Å². The van der Waals surface area contributed by atoms with E-state index in [-0.39, 0.29) is 0 Å². The Morgan fingerprint density at radius 3 is 2.65 bits per heavy atom. The van der Waals surface area contributed by atoms with Gasteiger partial charge in [0.1, 0.15) is 11.9 Å². The van der Waals surface area contributed by atoms with Crippen LogP contribution in [0.2, 0.25) is 0 Å². The van der Waals surface area contributed by atoms with E-state index in [1.165, 1.54) is 4.88 Å². The number of furan rings is 1. The van der Waals surface area contributed by atoms with Crippen LogP contribution in [0.1, 0.15) is 27.4 Å². The van der Waals surface area contributed by atoms with E-state index in [1.807, 2.05) is 13.8 Å². The fourth-order valence-corrected chi connectivity index (χ4v) is 3.00. The molecule has 1 atom stereocenters. The summed E-state index contributed by atoms with van der Waals surface area (Å²) in [5, 5.41) is 11.0. The van der Waals surface area contributed by atoms with Gasteiger partial charge in [0.25, 0.3) is 0 Å². The monoisotopic (exact) mass is 379 g/mol. The summed E-state index contributed by atoms with van der Waals surface area (Å²) < 4.78 is 6.78. The van der Waals surface area contributed by atoms with Crippen LogP contribution >= 0.6 is 43.2 Å². The largest absolute Gasteiger partial charge is 0.450 e. The summed E-state index contributed by atoms with van der Waals surface area (Å²) in [5.41, 5.74) is 1.03. The van der Waals surface area contributed by atoms with Gasteiger partial charge in [0.05, 0.1) is 15.2 Å². The molecular formula is C11H11Br2NO2S. The molecular weight excluding hydrogens is 370 g/mol. The minimum Gasteiger partial charge on any atom is -0.450 e. The minimum absolute atomic E-state index is 0.478. The van der Waals surface area contributed by atoms with Crippen molar-refractivity contribution in [3.05, 3.63) is 36.5 Å². The number of rotatable bonds is 3. The third-order valence-corrected chi connectivity index (χ3v) is 5.24. The van der Waals surface area contributed by atoms with Gasteiger partial charge in [0, 0.05) is 11.3 Å². The van der Waals surface area contributed by atoms with Gasteiger partial charge in [0.15, 0.2) is 4.67 Å². The Kier molecular flexibility index (Phi) is 4.07. The summed E-state index contributed by atoms with van der Waals surface area (Å²) in [7, 11) is 0. The van der Waals surface area contributed by atoms with Gasteiger partial charge >= 0.3 is 0 Å². The summed E-state index contributed by atoms with van der Waals surface area (Å²) in [5.74, 6) is 0.536. The molecule has 0 bridgehead atoms. The first-order valence-corrected chi connectivity index (χ1v) is 7.43. The van der Waals surface area contributed by atoms with E-state index in [0.29, 0.717) is 16.9 Å². The van der Waals surface area contributed by atoms with Gasteiger partial charge < -0.3 is 9.52 Å². The Morgan fingerprint density at radius 1 is 1.47 bits per heavy atom. The number of aliphatic hydroxyl groups excluding tert-OH is 1. The van der Waals surface area contributed by atoms with Crippen molar-refractivity contribution < 1.29 is 9.52 Å². The average Bonchev–Trinajstić information content (AvgIpc) is 2.73. The smallest absolute Gasteiger partial charge is 0.183 e. The third kappa shape index (κ3) is 2.99. The van der Waals surface area contributed by atoms with Crippen molar-refractivity contribution in [1.82, 2.24) is 4.98 Å². The third-order valence-electron chi connectivity index (χ3n) is 2.43. The van der Waals surface area contributed by atoms with Crippen LogP contribution in [-0.4, -0.2) is 10.1 Å². The zero-order valence-corrected chi connectivity index (χ0v) is 13.3. The van der Waals surface area contributed by atoms with Crippen LogP contribution in [0, 0.1) is 13.8 Å². The molecule has 6 heteroatoms. The number of halogens is 2. The summed E-state index contributed by atoms with van der Waals surface area (Å²) in [6.45, 7) is 4.00. The zero-order chi connectivity index (χ0) is 12.6. The average molecular weight is 381 g/mol. The van der Waals surface area contributed by atoms with E-state index >= 15 is 0 Å². The Morgan fingerprint density at radius 2 is 2.18 bits per heavy atom. The lowest BCUT2D eigenvalue weighted by Gasteiger charge is -2.04. The molecule has 0 amide bonds.